The van der Waals surface area contributed by atoms with E-state index in [-0.39, 0.29) is 19.3 Å². The molecular weight excluding hydrogens is 382 g/mol. The number of carbonyl (C=O) groups excluding carboxylic acids is 2. The molecule has 0 unspecified atom stereocenters. The maximum atomic E-state index is 12.1. The van der Waals surface area contributed by atoms with E-state index in [1.165, 1.54) is 0 Å². The number of amides is 1. The van der Waals surface area contributed by atoms with Crippen molar-refractivity contribution in [2.45, 2.75) is 13.0 Å². The highest BCUT2D eigenvalue weighted by atomic mass is 16.6. The van der Waals surface area contributed by atoms with Crippen LogP contribution in [0.2, 0.25) is 0 Å². The molecule has 3 aromatic carbocycles. The van der Waals surface area contributed by atoms with Gasteiger partial charge in [-0.2, -0.15) is 0 Å². The van der Waals surface area contributed by atoms with Gasteiger partial charge in [0.1, 0.15) is 17.1 Å². The lowest BCUT2D eigenvalue weighted by Gasteiger charge is -2.12. The summed E-state index contributed by atoms with van der Waals surface area (Å²) in [6, 6.07) is 22.6. The highest BCUT2D eigenvalue weighted by Gasteiger charge is 2.15. The number of rotatable bonds is 7. The normalized spacial score (nSPS) is 11.9. The number of esters is 1. The molecule has 0 fully saturated rings. The molecular formula is C24H21NO5. The van der Waals surface area contributed by atoms with Gasteiger partial charge in [0, 0.05) is 5.39 Å². The molecule has 6 heteroatoms. The summed E-state index contributed by atoms with van der Waals surface area (Å²) in [6.07, 6.45) is 0. The first-order valence-corrected chi connectivity index (χ1v) is 9.63. The number of para-hydroxylation sites is 1. The molecule has 0 bridgehead atoms. The molecule has 1 aromatic heterocycles. The molecule has 1 atom stereocenters. The van der Waals surface area contributed by atoms with Gasteiger partial charge in [0.05, 0.1) is 6.04 Å². The summed E-state index contributed by atoms with van der Waals surface area (Å²) in [4.78, 5) is 24.0. The number of benzene rings is 3. The Hall–Kier alpha value is -3.80. The second-order valence-corrected chi connectivity index (χ2v) is 6.93. The van der Waals surface area contributed by atoms with Gasteiger partial charge in [-0.15, -0.1) is 0 Å². The highest BCUT2D eigenvalue weighted by molar-refractivity contribution is 5.84. The van der Waals surface area contributed by atoms with E-state index in [0.717, 1.165) is 21.7 Å². The van der Waals surface area contributed by atoms with E-state index in [9.17, 15) is 9.59 Å². The Labute approximate surface area is 173 Å². The van der Waals surface area contributed by atoms with Crippen molar-refractivity contribution in [3.63, 3.8) is 0 Å². The van der Waals surface area contributed by atoms with Crippen molar-refractivity contribution in [3.05, 3.63) is 78.6 Å². The Morgan fingerprint density at radius 1 is 0.900 bits per heavy atom. The Balaban J connectivity index is 1.24. The van der Waals surface area contributed by atoms with Crippen LogP contribution in [0.25, 0.3) is 21.7 Å². The van der Waals surface area contributed by atoms with Gasteiger partial charge >= 0.3 is 5.97 Å². The summed E-state index contributed by atoms with van der Waals surface area (Å²) < 4.78 is 16.2. The third kappa shape index (κ3) is 4.60. The van der Waals surface area contributed by atoms with E-state index in [0.29, 0.717) is 11.5 Å². The van der Waals surface area contributed by atoms with Gasteiger partial charge in [-0.25, -0.2) is 4.79 Å². The second kappa shape index (κ2) is 8.69. The highest BCUT2D eigenvalue weighted by Crippen LogP contribution is 2.23. The summed E-state index contributed by atoms with van der Waals surface area (Å²) in [5, 5.41) is 5.82. The lowest BCUT2D eigenvalue weighted by molar-refractivity contribution is -0.150. The minimum atomic E-state index is -0.616. The molecule has 0 saturated heterocycles. The van der Waals surface area contributed by atoms with Crippen LogP contribution < -0.4 is 10.1 Å². The molecule has 1 N–H and O–H groups in total. The van der Waals surface area contributed by atoms with Crippen molar-refractivity contribution in [1.29, 1.82) is 0 Å². The average molecular weight is 403 g/mol. The summed E-state index contributed by atoms with van der Waals surface area (Å²) in [7, 11) is 0. The maximum absolute atomic E-state index is 12.1. The van der Waals surface area contributed by atoms with Crippen LogP contribution >= 0.6 is 0 Å². The first kappa shape index (κ1) is 19.5. The Morgan fingerprint density at radius 3 is 2.43 bits per heavy atom. The average Bonchev–Trinajstić information content (AvgIpc) is 3.20. The third-order valence-corrected chi connectivity index (χ3v) is 4.69. The van der Waals surface area contributed by atoms with Gasteiger partial charge in [0.2, 0.25) is 0 Å². The van der Waals surface area contributed by atoms with Crippen molar-refractivity contribution in [2.75, 3.05) is 13.2 Å². The Kier molecular flexibility index (Phi) is 5.66. The van der Waals surface area contributed by atoms with Crippen molar-refractivity contribution in [2.24, 2.45) is 0 Å². The number of fused-ring (bicyclic) bond motifs is 2. The molecule has 0 spiro atoms. The molecule has 152 valence electrons. The molecule has 1 amide bonds. The van der Waals surface area contributed by atoms with E-state index >= 15 is 0 Å². The molecule has 30 heavy (non-hydrogen) atoms. The van der Waals surface area contributed by atoms with Gasteiger partial charge in [-0.1, -0.05) is 48.5 Å². The van der Waals surface area contributed by atoms with Crippen LogP contribution in [0.15, 0.2) is 77.2 Å². The fraction of sp³-hybridized carbons (Fsp3) is 0.167. The first-order chi connectivity index (χ1) is 14.6. The molecule has 6 nitrogen and oxygen atoms in total. The zero-order chi connectivity index (χ0) is 20.9. The van der Waals surface area contributed by atoms with Crippen LogP contribution in [-0.4, -0.2) is 25.1 Å². The van der Waals surface area contributed by atoms with Crippen molar-refractivity contribution in [3.8, 4) is 5.75 Å². The lowest BCUT2D eigenvalue weighted by Crippen LogP contribution is -2.31. The van der Waals surface area contributed by atoms with E-state index in [1.807, 2.05) is 66.7 Å². The fourth-order valence-corrected chi connectivity index (χ4v) is 3.16. The predicted molar refractivity (Wildman–Crippen MR) is 113 cm³/mol. The van der Waals surface area contributed by atoms with E-state index in [2.05, 4.69) is 5.32 Å². The van der Waals surface area contributed by atoms with Crippen LogP contribution in [-0.2, 0) is 14.3 Å². The molecule has 0 aliphatic carbocycles. The summed E-state index contributed by atoms with van der Waals surface area (Å²) in [5.74, 6) is 0.167. The molecule has 1 heterocycles. The monoisotopic (exact) mass is 403 g/mol. The molecule has 0 aliphatic heterocycles. The SMILES string of the molecule is C[C@H](NC(=O)COC(=O)COc1ccc2ccccc2c1)c1cc2ccccc2o1. The minimum Gasteiger partial charge on any atom is -0.482 e. The topological polar surface area (TPSA) is 77.8 Å². The Morgan fingerprint density at radius 2 is 1.63 bits per heavy atom. The first-order valence-electron chi connectivity index (χ1n) is 9.63. The maximum Gasteiger partial charge on any atom is 0.344 e. The molecule has 0 aliphatic rings. The largest absolute Gasteiger partial charge is 0.482 e. The molecule has 4 aromatic rings. The number of furan rings is 1. The van der Waals surface area contributed by atoms with Crippen LogP contribution in [0.5, 0.6) is 5.75 Å². The number of nitrogens with one attached hydrogen (secondary N) is 1. The van der Waals surface area contributed by atoms with Gasteiger partial charge in [-0.3, -0.25) is 4.79 Å². The zero-order valence-electron chi connectivity index (χ0n) is 16.5. The molecule has 4 rings (SSSR count). The van der Waals surface area contributed by atoms with E-state index in [1.54, 1.807) is 13.0 Å². The summed E-state index contributed by atoms with van der Waals surface area (Å²) in [5.41, 5.74) is 0.755. The number of hydrogen-bond acceptors (Lipinski definition) is 5. The summed E-state index contributed by atoms with van der Waals surface area (Å²) >= 11 is 0. The lowest BCUT2D eigenvalue weighted by atomic mass is 10.1. The standard InChI is InChI=1S/C24H21NO5/c1-16(22-13-19-8-4-5-9-21(19)30-22)25-23(26)14-29-24(27)15-28-20-11-10-17-6-2-3-7-18(17)12-20/h2-13,16H,14-15H2,1H3,(H,25,26)/t16-/m0/s1. The van der Waals surface area contributed by atoms with Gasteiger partial charge in [0.15, 0.2) is 13.2 Å². The van der Waals surface area contributed by atoms with Crippen molar-refractivity contribution < 1.29 is 23.5 Å². The quantitative estimate of drug-likeness (QED) is 0.463. The van der Waals surface area contributed by atoms with Gasteiger partial charge in [0.25, 0.3) is 5.91 Å². The fourth-order valence-electron chi connectivity index (χ4n) is 3.16. The van der Waals surface area contributed by atoms with E-state index in [4.69, 9.17) is 13.9 Å². The van der Waals surface area contributed by atoms with Gasteiger partial charge < -0.3 is 19.2 Å². The van der Waals surface area contributed by atoms with Crippen molar-refractivity contribution >= 4 is 33.6 Å². The number of carbonyl (C=O) groups is 2. The van der Waals surface area contributed by atoms with Crippen LogP contribution in [0.3, 0.4) is 0 Å². The molecule has 0 radical (unpaired) electrons. The Bertz CT molecular complexity index is 1160. The third-order valence-electron chi connectivity index (χ3n) is 4.69. The number of hydrogen-bond donors (Lipinski definition) is 1. The van der Waals surface area contributed by atoms with Crippen LogP contribution in [0.1, 0.15) is 18.7 Å². The smallest absolute Gasteiger partial charge is 0.344 e. The van der Waals surface area contributed by atoms with Crippen LogP contribution in [0.4, 0.5) is 0 Å². The van der Waals surface area contributed by atoms with Gasteiger partial charge in [-0.05, 0) is 42.0 Å². The van der Waals surface area contributed by atoms with Crippen LogP contribution in [0, 0.1) is 0 Å². The summed E-state index contributed by atoms with van der Waals surface area (Å²) in [6.45, 7) is 1.15. The second-order valence-electron chi connectivity index (χ2n) is 6.93. The number of ether oxygens (including phenoxy) is 2. The predicted octanol–water partition coefficient (Wildman–Crippen LogP) is 4.39. The molecule has 0 saturated carbocycles. The van der Waals surface area contributed by atoms with Crippen molar-refractivity contribution in [1.82, 2.24) is 5.32 Å². The van der Waals surface area contributed by atoms with E-state index < -0.39 is 11.9 Å². The zero-order valence-corrected chi connectivity index (χ0v) is 16.5. The minimum absolute atomic E-state index is 0.273.